The van der Waals surface area contributed by atoms with E-state index in [1.54, 1.807) is 0 Å². The van der Waals surface area contributed by atoms with E-state index in [4.69, 9.17) is 33.2 Å². The molecule has 0 rings (SSSR count). The Hall–Kier alpha value is -3.49. The lowest BCUT2D eigenvalue weighted by Gasteiger charge is -2.21. The number of allylic oxidation sites excluding steroid dienone is 4. The predicted octanol–water partition coefficient (Wildman–Crippen LogP) is 14.5. The van der Waals surface area contributed by atoms with Gasteiger partial charge in [-0.1, -0.05) is 143 Å². The van der Waals surface area contributed by atoms with Crippen LogP contribution in [0.15, 0.2) is 24.3 Å². The molecule has 1 N–H and O–H groups in total. The van der Waals surface area contributed by atoms with Gasteiger partial charge in [-0.05, 0) is 122 Å². The Balaban J connectivity index is 5.50. The maximum atomic E-state index is 13.2. The van der Waals surface area contributed by atoms with Crippen LogP contribution < -0.4 is 5.32 Å². The number of hydrogen-bond donors (Lipinski definition) is 1. The third-order valence-corrected chi connectivity index (χ3v) is 13.3. The van der Waals surface area contributed by atoms with Crippen molar-refractivity contribution >= 4 is 30.0 Å². The van der Waals surface area contributed by atoms with Crippen molar-refractivity contribution in [3.8, 4) is 0 Å². The van der Waals surface area contributed by atoms with Crippen molar-refractivity contribution in [2.45, 2.75) is 260 Å². The fourth-order valence-electron chi connectivity index (χ4n) is 8.40. The van der Waals surface area contributed by atoms with Gasteiger partial charge in [0, 0.05) is 39.0 Å². The molecule has 3 unspecified atom stereocenters. The number of alkyl carbamates (subject to hydrolysis) is 1. The largest absolute Gasteiger partial charge is 0.465 e. The molecule has 0 spiro atoms. The van der Waals surface area contributed by atoms with Crippen molar-refractivity contribution in [3.05, 3.63) is 24.3 Å². The summed E-state index contributed by atoms with van der Waals surface area (Å²) in [5.74, 6) is -2.02. The lowest BCUT2D eigenvalue weighted by molar-refractivity contribution is -0.162. The van der Waals surface area contributed by atoms with Gasteiger partial charge in [0.05, 0.1) is 24.9 Å². The van der Waals surface area contributed by atoms with Gasteiger partial charge in [-0.25, -0.2) is 4.79 Å². The van der Waals surface area contributed by atoms with E-state index < -0.39 is 36.3 Å². The van der Waals surface area contributed by atoms with Crippen LogP contribution in [0.5, 0.6) is 0 Å². The molecule has 14 nitrogen and oxygen atoms in total. The normalized spacial score (nSPS) is 12.9. The highest BCUT2D eigenvalue weighted by atomic mass is 16.7. The standard InChI is InChI=1S/C61H112N2O12/c1-8-15-20-24-27-33-47-69-59(70-48-34-28-25-21-16-9-2)44-43-58(66)74-52-53(50-72-56(64)40-32-26-29-35-49-71-60(67)54(37-19-12-5)38-30-22-17-10-3)51-73-57(65)42-41-55(39-31-23-18-11-4)75-61(68)62-45-36-46-63(13-6)14-7/h15-16,20-21,53-55,59H,8-14,17-19,22-52H2,1-7H3,(H,62,68)/b20-15-,21-16-. The summed E-state index contributed by atoms with van der Waals surface area (Å²) in [7, 11) is 0. The summed E-state index contributed by atoms with van der Waals surface area (Å²) < 4.78 is 40.8. The molecule has 1 amide bonds. The quantitative estimate of drug-likeness (QED) is 0.0201. The molecule has 0 saturated carbocycles. The first-order valence-electron chi connectivity index (χ1n) is 30.4. The highest BCUT2D eigenvalue weighted by Gasteiger charge is 2.22. The average molecular weight is 1070 g/mol. The van der Waals surface area contributed by atoms with E-state index in [9.17, 15) is 24.0 Å². The molecule has 3 atom stereocenters. The minimum atomic E-state index is -0.598. The first-order valence-corrected chi connectivity index (χ1v) is 30.4. The van der Waals surface area contributed by atoms with Crippen LogP contribution in [0, 0.1) is 11.8 Å². The zero-order valence-corrected chi connectivity index (χ0v) is 49.0. The summed E-state index contributed by atoms with van der Waals surface area (Å²) in [5.41, 5.74) is 0. The number of carbonyl (C=O) groups excluding carboxylic acids is 5. The van der Waals surface area contributed by atoms with Gasteiger partial charge in [-0.3, -0.25) is 19.2 Å². The Labute approximate surface area is 457 Å². The SMILES string of the molecule is CC/C=C\CCCCOC(CCC(=O)OCC(COC(=O)CCCCCCOC(=O)C(CCCC)CCCCCC)COC(=O)CCC(CCCCCC)OC(=O)NCCCN(CC)CC)OCCCC/C=C\CC. The summed E-state index contributed by atoms with van der Waals surface area (Å²) >= 11 is 0. The van der Waals surface area contributed by atoms with Crippen LogP contribution in [-0.4, -0.2) is 113 Å². The molecule has 0 aromatic rings. The van der Waals surface area contributed by atoms with Crippen molar-refractivity contribution < 1.29 is 57.1 Å². The number of nitrogens with zero attached hydrogens (tertiary/aromatic N) is 1. The number of amides is 1. The Morgan fingerprint density at radius 3 is 1.53 bits per heavy atom. The molecule has 14 heteroatoms. The molecule has 0 aliphatic carbocycles. The second kappa shape index (κ2) is 53.9. The zero-order chi connectivity index (χ0) is 55.3. The van der Waals surface area contributed by atoms with E-state index in [1.165, 1.54) is 12.8 Å². The summed E-state index contributed by atoms with van der Waals surface area (Å²) in [4.78, 5) is 67.3. The highest BCUT2D eigenvalue weighted by Crippen LogP contribution is 2.20. The first-order chi connectivity index (χ1) is 36.6. The van der Waals surface area contributed by atoms with Crippen LogP contribution in [0.4, 0.5) is 4.79 Å². The van der Waals surface area contributed by atoms with Crippen LogP contribution in [0.2, 0.25) is 0 Å². The van der Waals surface area contributed by atoms with Gasteiger partial charge in [0.15, 0.2) is 6.29 Å². The maximum absolute atomic E-state index is 13.2. The van der Waals surface area contributed by atoms with Crippen molar-refractivity contribution in [3.63, 3.8) is 0 Å². The van der Waals surface area contributed by atoms with Crippen LogP contribution >= 0.6 is 0 Å². The first kappa shape index (κ1) is 71.5. The number of carbonyl (C=O) groups is 5. The second-order valence-electron chi connectivity index (χ2n) is 20.1. The van der Waals surface area contributed by atoms with Gasteiger partial charge in [-0.15, -0.1) is 0 Å². The van der Waals surface area contributed by atoms with E-state index in [2.05, 4.69) is 83.0 Å². The molecule has 0 aliphatic rings. The molecule has 0 saturated heterocycles. The maximum Gasteiger partial charge on any atom is 0.407 e. The fourth-order valence-corrected chi connectivity index (χ4v) is 8.40. The lowest BCUT2D eigenvalue weighted by atomic mass is 9.95. The predicted molar refractivity (Wildman–Crippen MR) is 302 cm³/mol. The van der Waals surface area contributed by atoms with Crippen LogP contribution in [0.1, 0.15) is 248 Å². The molecule has 0 bridgehead atoms. The van der Waals surface area contributed by atoms with Crippen molar-refractivity contribution in [1.82, 2.24) is 10.2 Å². The van der Waals surface area contributed by atoms with Crippen molar-refractivity contribution in [2.24, 2.45) is 11.8 Å². The number of esters is 4. The molecule has 0 fully saturated rings. The number of nitrogens with one attached hydrogen (secondary N) is 1. The molecule has 0 aliphatic heterocycles. The van der Waals surface area contributed by atoms with E-state index >= 15 is 0 Å². The summed E-state index contributed by atoms with van der Waals surface area (Å²) in [6.07, 6.45) is 32.9. The van der Waals surface area contributed by atoms with Crippen LogP contribution in [0.25, 0.3) is 0 Å². The van der Waals surface area contributed by atoms with Gasteiger partial charge in [0.2, 0.25) is 0 Å². The minimum absolute atomic E-state index is 0.0240. The van der Waals surface area contributed by atoms with E-state index in [-0.39, 0.29) is 56.9 Å². The molecule has 0 heterocycles. The van der Waals surface area contributed by atoms with Crippen molar-refractivity contribution in [2.75, 3.05) is 65.8 Å². The molecule has 75 heavy (non-hydrogen) atoms. The summed E-state index contributed by atoms with van der Waals surface area (Å²) in [5, 5.41) is 2.87. The average Bonchev–Trinajstić information content (AvgIpc) is 3.41. The monoisotopic (exact) mass is 1060 g/mol. The van der Waals surface area contributed by atoms with Gasteiger partial charge in [0.1, 0.15) is 25.9 Å². The number of ether oxygens (including phenoxy) is 7. The minimum Gasteiger partial charge on any atom is -0.465 e. The fraction of sp³-hybridized carbons (Fsp3) is 0.852. The van der Waals surface area contributed by atoms with Crippen LogP contribution in [0.3, 0.4) is 0 Å². The number of unbranched alkanes of at least 4 members (excludes halogenated alkanes) is 14. The second-order valence-corrected chi connectivity index (χ2v) is 20.1. The summed E-state index contributed by atoms with van der Waals surface area (Å²) in [6.45, 7) is 19.4. The van der Waals surface area contributed by atoms with Crippen molar-refractivity contribution in [1.29, 1.82) is 0 Å². The third kappa shape index (κ3) is 46.3. The molecule has 0 aromatic heterocycles. The highest BCUT2D eigenvalue weighted by molar-refractivity contribution is 5.72. The van der Waals surface area contributed by atoms with E-state index in [1.807, 2.05) is 0 Å². The van der Waals surface area contributed by atoms with Gasteiger partial charge in [0.25, 0.3) is 0 Å². The number of hydrogen-bond acceptors (Lipinski definition) is 13. The topological polar surface area (TPSA) is 165 Å². The van der Waals surface area contributed by atoms with Gasteiger partial charge < -0.3 is 43.4 Å². The molecule has 438 valence electrons. The Kier molecular flexibility index (Phi) is 51.4. The summed E-state index contributed by atoms with van der Waals surface area (Å²) in [6, 6.07) is 0. The van der Waals surface area contributed by atoms with Gasteiger partial charge in [-0.2, -0.15) is 0 Å². The molecule has 0 aromatic carbocycles. The van der Waals surface area contributed by atoms with E-state index in [0.717, 1.165) is 161 Å². The third-order valence-electron chi connectivity index (χ3n) is 13.3. The number of rotatable bonds is 54. The molecule has 0 radical (unpaired) electrons. The Morgan fingerprint density at radius 1 is 0.467 bits per heavy atom. The molecular formula is C61H112N2O12. The van der Waals surface area contributed by atoms with Gasteiger partial charge >= 0.3 is 30.0 Å². The van der Waals surface area contributed by atoms with Crippen LogP contribution in [-0.2, 0) is 52.3 Å². The van der Waals surface area contributed by atoms with E-state index in [0.29, 0.717) is 52.0 Å². The lowest BCUT2D eigenvalue weighted by Crippen LogP contribution is -2.32. The Bertz CT molecular complexity index is 1400. The molecular weight excluding hydrogens is 953 g/mol. The zero-order valence-electron chi connectivity index (χ0n) is 49.0. The smallest absolute Gasteiger partial charge is 0.407 e. The Morgan fingerprint density at radius 2 is 0.973 bits per heavy atom.